The Morgan fingerprint density at radius 1 is 1.30 bits per heavy atom. The van der Waals surface area contributed by atoms with Crippen LogP contribution in [0.1, 0.15) is 5.56 Å². The van der Waals surface area contributed by atoms with E-state index in [1.807, 2.05) is 18.2 Å². The maximum atomic E-state index is 12.0. The van der Waals surface area contributed by atoms with Gasteiger partial charge in [-0.05, 0) is 29.8 Å². The minimum absolute atomic E-state index is 0.179. The zero-order chi connectivity index (χ0) is 14.5. The topological polar surface area (TPSA) is 64.3 Å². The molecule has 0 aromatic heterocycles. The van der Waals surface area contributed by atoms with Crippen LogP contribution in [0, 0.1) is 0 Å². The molecule has 0 atom stereocenters. The van der Waals surface area contributed by atoms with Crippen molar-refractivity contribution in [2.75, 3.05) is 18.2 Å². The summed E-state index contributed by atoms with van der Waals surface area (Å²) in [4.78, 5) is 12.0. The molecule has 2 rings (SSSR count). The maximum Gasteiger partial charge on any atom is 0.228 e. The van der Waals surface area contributed by atoms with E-state index in [0.717, 1.165) is 5.56 Å². The van der Waals surface area contributed by atoms with Gasteiger partial charge in [-0.15, -0.1) is 0 Å². The Bertz CT molecular complexity index is 629. The first-order valence-electron chi connectivity index (χ1n) is 6.07. The number of ether oxygens (including phenoxy) is 1. The van der Waals surface area contributed by atoms with Crippen molar-refractivity contribution in [3.8, 4) is 5.75 Å². The van der Waals surface area contributed by atoms with Gasteiger partial charge in [0.2, 0.25) is 5.91 Å². The SMILES string of the molecule is COc1ccc(N)cc1NC(=O)Cc1ccccc1Cl. The molecule has 2 aromatic rings. The standard InChI is InChI=1S/C15H15ClN2O2/c1-20-14-7-6-11(17)9-13(14)18-15(19)8-10-4-2-3-5-12(10)16/h2-7,9H,8,17H2,1H3,(H,18,19). The summed E-state index contributed by atoms with van der Waals surface area (Å²) >= 11 is 6.03. The number of amides is 1. The Hall–Kier alpha value is -2.20. The summed E-state index contributed by atoms with van der Waals surface area (Å²) in [5.41, 5.74) is 7.58. The van der Waals surface area contributed by atoms with Crippen LogP contribution in [-0.2, 0) is 11.2 Å². The Kier molecular flexibility index (Phi) is 4.48. The Morgan fingerprint density at radius 2 is 2.05 bits per heavy atom. The fraction of sp³-hybridized carbons (Fsp3) is 0.133. The third kappa shape index (κ3) is 3.42. The Balaban J connectivity index is 2.12. The molecule has 0 aliphatic carbocycles. The van der Waals surface area contributed by atoms with E-state index in [2.05, 4.69) is 5.32 Å². The Morgan fingerprint density at radius 3 is 2.75 bits per heavy atom. The van der Waals surface area contributed by atoms with Crippen LogP contribution in [0.25, 0.3) is 0 Å². The molecule has 0 saturated heterocycles. The number of hydrogen-bond acceptors (Lipinski definition) is 3. The van der Waals surface area contributed by atoms with Crippen LogP contribution in [0.15, 0.2) is 42.5 Å². The van der Waals surface area contributed by atoms with Gasteiger partial charge in [-0.1, -0.05) is 29.8 Å². The van der Waals surface area contributed by atoms with Gasteiger partial charge in [0.25, 0.3) is 0 Å². The monoisotopic (exact) mass is 290 g/mol. The van der Waals surface area contributed by atoms with Gasteiger partial charge in [-0.3, -0.25) is 4.79 Å². The second-order valence-electron chi connectivity index (χ2n) is 4.28. The third-order valence-corrected chi connectivity index (χ3v) is 3.18. The summed E-state index contributed by atoms with van der Waals surface area (Å²) in [7, 11) is 1.54. The van der Waals surface area contributed by atoms with Gasteiger partial charge in [0, 0.05) is 10.7 Å². The van der Waals surface area contributed by atoms with E-state index in [0.29, 0.717) is 22.1 Å². The summed E-state index contributed by atoms with van der Waals surface area (Å²) in [5.74, 6) is 0.383. The lowest BCUT2D eigenvalue weighted by Gasteiger charge is -2.11. The fourth-order valence-corrected chi connectivity index (χ4v) is 2.03. The number of nitrogens with two attached hydrogens (primary N) is 1. The van der Waals surface area contributed by atoms with Gasteiger partial charge < -0.3 is 15.8 Å². The minimum Gasteiger partial charge on any atom is -0.495 e. The number of methoxy groups -OCH3 is 1. The van der Waals surface area contributed by atoms with Crippen molar-refractivity contribution in [2.24, 2.45) is 0 Å². The molecule has 0 aliphatic rings. The quantitative estimate of drug-likeness (QED) is 0.850. The van der Waals surface area contributed by atoms with E-state index in [-0.39, 0.29) is 12.3 Å². The highest BCUT2D eigenvalue weighted by molar-refractivity contribution is 6.31. The van der Waals surface area contributed by atoms with Crippen molar-refractivity contribution in [3.63, 3.8) is 0 Å². The van der Waals surface area contributed by atoms with Crippen molar-refractivity contribution in [1.82, 2.24) is 0 Å². The molecule has 20 heavy (non-hydrogen) atoms. The summed E-state index contributed by atoms with van der Waals surface area (Å²) in [6.07, 6.45) is 0.192. The van der Waals surface area contributed by atoms with Crippen LogP contribution in [0.3, 0.4) is 0 Å². The zero-order valence-corrected chi connectivity index (χ0v) is 11.8. The molecule has 1 amide bonds. The summed E-state index contributed by atoms with van der Waals surface area (Å²) in [5, 5.41) is 3.35. The molecule has 2 aromatic carbocycles. The number of benzene rings is 2. The number of anilines is 2. The largest absolute Gasteiger partial charge is 0.495 e. The molecule has 3 N–H and O–H groups in total. The average Bonchev–Trinajstić information content (AvgIpc) is 2.41. The van der Waals surface area contributed by atoms with Gasteiger partial charge in [0.05, 0.1) is 19.2 Å². The first-order chi connectivity index (χ1) is 9.60. The highest BCUT2D eigenvalue weighted by atomic mass is 35.5. The predicted octanol–water partition coefficient (Wildman–Crippen LogP) is 3.11. The van der Waals surface area contributed by atoms with E-state index in [1.54, 1.807) is 24.3 Å². The van der Waals surface area contributed by atoms with Crippen molar-refractivity contribution < 1.29 is 9.53 Å². The van der Waals surface area contributed by atoms with E-state index >= 15 is 0 Å². The summed E-state index contributed by atoms with van der Waals surface area (Å²) in [6.45, 7) is 0. The van der Waals surface area contributed by atoms with Crippen molar-refractivity contribution in [2.45, 2.75) is 6.42 Å². The van der Waals surface area contributed by atoms with E-state index in [4.69, 9.17) is 22.1 Å². The van der Waals surface area contributed by atoms with Crippen LogP contribution in [0.2, 0.25) is 5.02 Å². The van der Waals surface area contributed by atoms with Crippen molar-refractivity contribution in [3.05, 3.63) is 53.1 Å². The molecule has 0 aliphatic heterocycles. The maximum absolute atomic E-state index is 12.0. The lowest BCUT2D eigenvalue weighted by molar-refractivity contribution is -0.115. The van der Waals surface area contributed by atoms with Crippen molar-refractivity contribution in [1.29, 1.82) is 0 Å². The molecular weight excluding hydrogens is 276 g/mol. The molecule has 0 unspecified atom stereocenters. The summed E-state index contributed by atoms with van der Waals surface area (Å²) in [6, 6.07) is 12.3. The van der Waals surface area contributed by atoms with Crippen LogP contribution in [-0.4, -0.2) is 13.0 Å². The molecule has 104 valence electrons. The van der Waals surface area contributed by atoms with Gasteiger partial charge in [-0.25, -0.2) is 0 Å². The molecule has 0 radical (unpaired) electrons. The van der Waals surface area contributed by atoms with E-state index in [1.165, 1.54) is 7.11 Å². The number of halogens is 1. The predicted molar refractivity (Wildman–Crippen MR) is 81.2 cm³/mol. The number of carbonyl (C=O) groups excluding carboxylic acids is 1. The first-order valence-corrected chi connectivity index (χ1v) is 6.44. The minimum atomic E-state index is -0.179. The van der Waals surface area contributed by atoms with Gasteiger partial charge in [0.1, 0.15) is 5.75 Å². The normalized spacial score (nSPS) is 10.1. The van der Waals surface area contributed by atoms with Gasteiger partial charge in [0.15, 0.2) is 0 Å². The second-order valence-corrected chi connectivity index (χ2v) is 4.68. The molecule has 0 bridgehead atoms. The molecular formula is C15H15ClN2O2. The lowest BCUT2D eigenvalue weighted by atomic mass is 10.1. The molecule has 0 fully saturated rings. The number of rotatable bonds is 4. The van der Waals surface area contributed by atoms with Gasteiger partial charge in [-0.2, -0.15) is 0 Å². The average molecular weight is 291 g/mol. The van der Waals surface area contributed by atoms with Gasteiger partial charge >= 0.3 is 0 Å². The number of carbonyl (C=O) groups is 1. The van der Waals surface area contributed by atoms with Crippen LogP contribution >= 0.6 is 11.6 Å². The number of nitrogen functional groups attached to an aromatic ring is 1. The molecule has 4 nitrogen and oxygen atoms in total. The zero-order valence-electron chi connectivity index (χ0n) is 11.0. The lowest BCUT2D eigenvalue weighted by Crippen LogP contribution is -2.15. The Labute approximate surface area is 122 Å². The fourth-order valence-electron chi connectivity index (χ4n) is 1.83. The molecule has 0 spiro atoms. The molecule has 0 heterocycles. The molecule has 5 heteroatoms. The highest BCUT2D eigenvalue weighted by Crippen LogP contribution is 2.26. The van der Waals surface area contributed by atoms with E-state index < -0.39 is 0 Å². The van der Waals surface area contributed by atoms with Crippen LogP contribution in [0.5, 0.6) is 5.75 Å². The number of hydrogen-bond donors (Lipinski definition) is 2. The van der Waals surface area contributed by atoms with Crippen molar-refractivity contribution >= 4 is 28.9 Å². The smallest absolute Gasteiger partial charge is 0.228 e. The first kappa shape index (κ1) is 14.2. The summed E-state index contributed by atoms with van der Waals surface area (Å²) < 4.78 is 5.18. The third-order valence-electron chi connectivity index (χ3n) is 2.81. The second kappa shape index (κ2) is 6.30. The van der Waals surface area contributed by atoms with Crippen LogP contribution < -0.4 is 15.8 Å². The van der Waals surface area contributed by atoms with E-state index in [9.17, 15) is 4.79 Å². The molecule has 0 saturated carbocycles. The number of nitrogens with one attached hydrogen (secondary N) is 1. The van der Waals surface area contributed by atoms with Crippen LogP contribution in [0.4, 0.5) is 11.4 Å². The highest BCUT2D eigenvalue weighted by Gasteiger charge is 2.10.